The highest BCUT2D eigenvalue weighted by atomic mass is 16.5. The molecule has 2 saturated heterocycles. The van der Waals surface area contributed by atoms with Gasteiger partial charge in [0.15, 0.2) is 0 Å². The van der Waals surface area contributed by atoms with Gasteiger partial charge >= 0.3 is 0 Å². The minimum absolute atomic E-state index is 0.170. The third kappa shape index (κ3) is 3.76. The van der Waals surface area contributed by atoms with E-state index in [1.165, 1.54) is 12.8 Å². The van der Waals surface area contributed by atoms with E-state index in [0.717, 1.165) is 30.6 Å². The van der Waals surface area contributed by atoms with Crippen molar-refractivity contribution >= 4 is 5.91 Å². The Hall–Kier alpha value is -1.55. The zero-order valence-corrected chi connectivity index (χ0v) is 12.6. The highest BCUT2D eigenvalue weighted by Crippen LogP contribution is 2.26. The number of aryl methyl sites for hydroxylation is 1. The van der Waals surface area contributed by atoms with Crippen molar-refractivity contribution in [1.29, 1.82) is 0 Å². The standard InChI is InChI=1S/C17H24N2O2/c1-21-16-4-2-3-12(9-16)5-8-17(20)19-15-10-13-6-7-14(11-15)18-13/h2-4,9,13-15,18H,5-8,10-11H2,1H3,(H,19,20). The molecule has 2 atom stereocenters. The number of carbonyl (C=O) groups excluding carboxylic acids is 1. The summed E-state index contributed by atoms with van der Waals surface area (Å²) in [6, 6.07) is 9.53. The molecule has 2 bridgehead atoms. The average Bonchev–Trinajstić information content (AvgIpc) is 2.84. The number of amides is 1. The second-order valence-electron chi connectivity index (χ2n) is 6.23. The molecule has 1 amide bonds. The topological polar surface area (TPSA) is 50.4 Å². The van der Waals surface area contributed by atoms with Gasteiger partial charge in [-0.2, -0.15) is 0 Å². The van der Waals surface area contributed by atoms with Gasteiger partial charge in [-0.1, -0.05) is 12.1 Å². The second-order valence-corrected chi connectivity index (χ2v) is 6.23. The number of ether oxygens (including phenoxy) is 1. The van der Waals surface area contributed by atoms with Gasteiger partial charge in [-0.05, 0) is 49.8 Å². The molecule has 2 aliphatic rings. The Morgan fingerprint density at radius 3 is 2.81 bits per heavy atom. The van der Waals surface area contributed by atoms with Crippen molar-refractivity contribution in [2.24, 2.45) is 0 Å². The maximum Gasteiger partial charge on any atom is 0.220 e. The molecule has 0 spiro atoms. The van der Waals surface area contributed by atoms with E-state index in [4.69, 9.17) is 4.74 Å². The van der Waals surface area contributed by atoms with Gasteiger partial charge in [-0.3, -0.25) is 4.79 Å². The number of piperidine rings is 1. The second kappa shape index (κ2) is 6.48. The van der Waals surface area contributed by atoms with E-state index in [0.29, 0.717) is 24.5 Å². The van der Waals surface area contributed by atoms with Crippen molar-refractivity contribution < 1.29 is 9.53 Å². The zero-order chi connectivity index (χ0) is 14.7. The van der Waals surface area contributed by atoms with Crippen LogP contribution in [0.2, 0.25) is 0 Å². The summed E-state index contributed by atoms with van der Waals surface area (Å²) in [7, 11) is 1.66. The van der Waals surface area contributed by atoms with Crippen LogP contribution in [0.15, 0.2) is 24.3 Å². The predicted octanol–water partition coefficient (Wildman–Crippen LogP) is 2.03. The van der Waals surface area contributed by atoms with Gasteiger partial charge in [0.1, 0.15) is 5.75 Å². The lowest BCUT2D eigenvalue weighted by Gasteiger charge is -2.29. The molecule has 0 aliphatic carbocycles. The summed E-state index contributed by atoms with van der Waals surface area (Å²) >= 11 is 0. The number of hydrogen-bond acceptors (Lipinski definition) is 3. The first-order valence-electron chi connectivity index (χ1n) is 7.91. The number of hydrogen-bond donors (Lipinski definition) is 2. The largest absolute Gasteiger partial charge is 0.497 e. The molecule has 2 aliphatic heterocycles. The van der Waals surface area contributed by atoms with E-state index in [2.05, 4.69) is 10.6 Å². The quantitative estimate of drug-likeness (QED) is 0.871. The Morgan fingerprint density at radius 1 is 1.33 bits per heavy atom. The summed E-state index contributed by atoms with van der Waals surface area (Å²) in [6.45, 7) is 0. The maximum absolute atomic E-state index is 12.1. The van der Waals surface area contributed by atoms with Crippen molar-refractivity contribution in [3.05, 3.63) is 29.8 Å². The van der Waals surface area contributed by atoms with Gasteiger partial charge in [0, 0.05) is 24.5 Å². The van der Waals surface area contributed by atoms with Gasteiger partial charge in [0.2, 0.25) is 5.91 Å². The molecular weight excluding hydrogens is 264 g/mol. The monoisotopic (exact) mass is 288 g/mol. The van der Waals surface area contributed by atoms with Gasteiger partial charge in [-0.25, -0.2) is 0 Å². The molecule has 2 N–H and O–H groups in total. The van der Waals surface area contributed by atoms with Crippen LogP contribution in [0.5, 0.6) is 5.75 Å². The highest BCUT2D eigenvalue weighted by molar-refractivity contribution is 5.76. The van der Waals surface area contributed by atoms with Gasteiger partial charge in [0.25, 0.3) is 0 Å². The fourth-order valence-electron chi connectivity index (χ4n) is 3.56. The smallest absolute Gasteiger partial charge is 0.220 e. The van der Waals surface area contributed by atoms with Crippen LogP contribution in [0.3, 0.4) is 0 Å². The van der Waals surface area contributed by atoms with Crippen LogP contribution < -0.4 is 15.4 Å². The molecule has 4 nitrogen and oxygen atoms in total. The predicted molar refractivity (Wildman–Crippen MR) is 82.4 cm³/mol. The molecule has 3 rings (SSSR count). The van der Waals surface area contributed by atoms with Crippen molar-refractivity contribution in [2.75, 3.05) is 7.11 Å². The number of rotatable bonds is 5. The lowest BCUT2D eigenvalue weighted by Crippen LogP contribution is -2.48. The van der Waals surface area contributed by atoms with Crippen molar-refractivity contribution in [1.82, 2.24) is 10.6 Å². The first kappa shape index (κ1) is 14.4. The van der Waals surface area contributed by atoms with Gasteiger partial charge in [-0.15, -0.1) is 0 Å². The normalized spacial score (nSPS) is 27.4. The summed E-state index contributed by atoms with van der Waals surface area (Å²) in [5.74, 6) is 1.02. The van der Waals surface area contributed by atoms with Crippen LogP contribution in [-0.4, -0.2) is 31.1 Å². The molecule has 1 aromatic rings. The highest BCUT2D eigenvalue weighted by Gasteiger charge is 2.33. The van der Waals surface area contributed by atoms with Crippen molar-refractivity contribution in [3.8, 4) is 5.75 Å². The molecule has 0 aromatic heterocycles. The van der Waals surface area contributed by atoms with Gasteiger partial charge in [0.05, 0.1) is 7.11 Å². The SMILES string of the molecule is COc1cccc(CCC(=O)NC2CC3CCC(C2)N3)c1. The number of nitrogens with one attached hydrogen (secondary N) is 2. The summed E-state index contributed by atoms with van der Waals surface area (Å²) < 4.78 is 5.21. The number of benzene rings is 1. The minimum atomic E-state index is 0.170. The van der Waals surface area contributed by atoms with E-state index in [1.54, 1.807) is 7.11 Å². The Bertz CT molecular complexity index is 491. The molecule has 2 unspecified atom stereocenters. The first-order chi connectivity index (χ1) is 10.2. The molecule has 2 heterocycles. The van der Waals surface area contributed by atoms with Crippen LogP contribution >= 0.6 is 0 Å². The summed E-state index contributed by atoms with van der Waals surface area (Å²) in [5.41, 5.74) is 1.15. The lowest BCUT2D eigenvalue weighted by atomic mass is 9.99. The zero-order valence-electron chi connectivity index (χ0n) is 12.6. The lowest BCUT2D eigenvalue weighted by molar-refractivity contribution is -0.122. The Kier molecular flexibility index (Phi) is 4.44. The molecule has 2 fully saturated rings. The number of methoxy groups -OCH3 is 1. The third-order valence-electron chi connectivity index (χ3n) is 4.61. The molecule has 0 radical (unpaired) electrons. The van der Waals surface area contributed by atoms with Gasteiger partial charge < -0.3 is 15.4 Å². The van der Waals surface area contributed by atoms with Crippen LogP contribution in [0.25, 0.3) is 0 Å². The molecule has 1 aromatic carbocycles. The van der Waals surface area contributed by atoms with E-state index in [9.17, 15) is 4.79 Å². The molecular formula is C17H24N2O2. The van der Waals surface area contributed by atoms with E-state index >= 15 is 0 Å². The van der Waals surface area contributed by atoms with Crippen LogP contribution in [0.4, 0.5) is 0 Å². The Balaban J connectivity index is 1.46. The number of carbonyl (C=O) groups is 1. The van der Waals surface area contributed by atoms with Crippen molar-refractivity contribution in [3.63, 3.8) is 0 Å². The number of fused-ring (bicyclic) bond motifs is 2. The maximum atomic E-state index is 12.1. The van der Waals surface area contributed by atoms with Crippen LogP contribution in [0, 0.1) is 0 Å². The Morgan fingerprint density at radius 2 is 2.10 bits per heavy atom. The summed E-state index contributed by atoms with van der Waals surface area (Å²) in [5, 5.41) is 6.81. The van der Waals surface area contributed by atoms with E-state index in [1.807, 2.05) is 24.3 Å². The molecule has 21 heavy (non-hydrogen) atoms. The third-order valence-corrected chi connectivity index (χ3v) is 4.61. The van der Waals surface area contributed by atoms with Crippen LogP contribution in [0.1, 0.15) is 37.7 Å². The average molecular weight is 288 g/mol. The molecule has 0 saturated carbocycles. The summed E-state index contributed by atoms with van der Waals surface area (Å²) in [6.07, 6.45) is 6.01. The van der Waals surface area contributed by atoms with E-state index < -0.39 is 0 Å². The molecule has 114 valence electrons. The molecule has 4 heteroatoms. The Labute approximate surface area is 126 Å². The van der Waals surface area contributed by atoms with E-state index in [-0.39, 0.29) is 5.91 Å². The summed E-state index contributed by atoms with van der Waals surface area (Å²) in [4.78, 5) is 12.1. The fraction of sp³-hybridized carbons (Fsp3) is 0.588. The fourth-order valence-corrected chi connectivity index (χ4v) is 3.56. The van der Waals surface area contributed by atoms with Crippen LogP contribution in [-0.2, 0) is 11.2 Å². The van der Waals surface area contributed by atoms with Crippen molar-refractivity contribution in [2.45, 2.75) is 56.7 Å². The first-order valence-corrected chi connectivity index (χ1v) is 7.91. The minimum Gasteiger partial charge on any atom is -0.497 e.